The van der Waals surface area contributed by atoms with E-state index in [4.69, 9.17) is 5.26 Å². The topological polar surface area (TPSA) is 86.0 Å². The number of benzene rings is 1. The van der Waals surface area contributed by atoms with E-state index < -0.39 is 0 Å². The molecule has 1 aromatic heterocycles. The summed E-state index contributed by atoms with van der Waals surface area (Å²) in [6, 6.07) is 9.03. The monoisotopic (exact) mass is 297 g/mol. The Bertz CT molecular complexity index is 673. The third kappa shape index (κ3) is 3.95. The Kier molecular flexibility index (Phi) is 5.73. The number of carbonyl (C=O) groups is 1. The minimum Gasteiger partial charge on any atom is -0.507 e. The van der Waals surface area contributed by atoms with Crippen LogP contribution in [0.15, 0.2) is 30.5 Å². The lowest BCUT2D eigenvalue weighted by Crippen LogP contribution is -2.29. The van der Waals surface area contributed by atoms with Gasteiger partial charge in [-0.1, -0.05) is 19.3 Å². The van der Waals surface area contributed by atoms with Crippen LogP contribution >= 0.6 is 0 Å². The average Bonchev–Trinajstić information content (AvgIpc) is 2.57. The van der Waals surface area contributed by atoms with Gasteiger partial charge in [-0.2, -0.15) is 5.26 Å². The molecule has 0 bridgehead atoms. The summed E-state index contributed by atoms with van der Waals surface area (Å²) < 4.78 is 0. The molecule has 0 spiro atoms. The van der Waals surface area contributed by atoms with E-state index in [-0.39, 0.29) is 5.75 Å². The predicted molar refractivity (Wildman–Crippen MR) is 84.2 cm³/mol. The third-order valence-corrected chi connectivity index (χ3v) is 3.78. The van der Waals surface area contributed by atoms with Crippen molar-refractivity contribution in [3.8, 4) is 11.8 Å². The minimum absolute atomic E-state index is 0.155. The molecule has 0 saturated heterocycles. The summed E-state index contributed by atoms with van der Waals surface area (Å²) in [6.45, 7) is 0. The molecule has 0 unspecified atom stereocenters. The van der Waals surface area contributed by atoms with Crippen molar-refractivity contribution in [2.45, 2.75) is 38.1 Å². The zero-order valence-electron chi connectivity index (χ0n) is 12.3. The lowest BCUT2D eigenvalue weighted by molar-refractivity contribution is -0.110. The first-order valence-electron chi connectivity index (χ1n) is 7.42. The molecular weight excluding hydrogens is 278 g/mol. The van der Waals surface area contributed by atoms with Gasteiger partial charge in [0.05, 0.1) is 11.1 Å². The molecule has 0 atom stereocenters. The van der Waals surface area contributed by atoms with Crippen molar-refractivity contribution in [3.05, 3.63) is 36.0 Å². The standard InChI is InChI=1S/C10H6N2O.C7H13NO/c11-6-7-3-4-9(13)8-2-1-5-12-10(7)8;9-6-8-7-4-2-1-3-5-7/h1-5,13H;6-7H,1-5H2,(H,8,9). The van der Waals surface area contributed by atoms with Crippen LogP contribution in [0, 0.1) is 11.3 Å². The molecule has 1 fully saturated rings. The zero-order chi connectivity index (χ0) is 15.8. The van der Waals surface area contributed by atoms with Crippen molar-refractivity contribution >= 4 is 17.3 Å². The van der Waals surface area contributed by atoms with Crippen LogP contribution < -0.4 is 5.32 Å². The van der Waals surface area contributed by atoms with Crippen LogP contribution in [0.25, 0.3) is 10.9 Å². The van der Waals surface area contributed by atoms with Gasteiger partial charge in [-0.3, -0.25) is 9.78 Å². The number of nitriles is 1. The SMILES string of the molecule is N#Cc1ccc(O)c2cccnc12.O=CNC1CCCCC1. The lowest BCUT2D eigenvalue weighted by atomic mass is 9.96. The number of rotatable bonds is 2. The number of hydrogen-bond donors (Lipinski definition) is 2. The van der Waals surface area contributed by atoms with Gasteiger partial charge in [0.15, 0.2) is 0 Å². The number of phenols is 1. The average molecular weight is 297 g/mol. The molecule has 22 heavy (non-hydrogen) atoms. The number of nitrogens with zero attached hydrogens (tertiary/aromatic N) is 2. The van der Waals surface area contributed by atoms with Crippen LogP contribution in [0.1, 0.15) is 37.7 Å². The maximum Gasteiger partial charge on any atom is 0.207 e. The summed E-state index contributed by atoms with van der Waals surface area (Å²) in [5.74, 6) is 0.155. The number of aromatic hydroxyl groups is 1. The molecule has 2 N–H and O–H groups in total. The van der Waals surface area contributed by atoms with Crippen LogP contribution in [0.2, 0.25) is 0 Å². The quantitative estimate of drug-likeness (QED) is 0.834. The second kappa shape index (κ2) is 7.99. The Balaban J connectivity index is 0.000000172. The van der Waals surface area contributed by atoms with E-state index in [0.717, 1.165) is 6.41 Å². The first-order chi connectivity index (χ1) is 10.8. The summed E-state index contributed by atoms with van der Waals surface area (Å²) >= 11 is 0. The van der Waals surface area contributed by atoms with Crippen molar-refractivity contribution in [2.24, 2.45) is 0 Å². The Morgan fingerprint density at radius 3 is 2.73 bits per heavy atom. The van der Waals surface area contributed by atoms with E-state index in [2.05, 4.69) is 10.3 Å². The summed E-state index contributed by atoms with van der Waals surface area (Å²) in [5.41, 5.74) is 1.03. The summed E-state index contributed by atoms with van der Waals surface area (Å²) in [4.78, 5) is 14.0. The fraction of sp³-hybridized carbons (Fsp3) is 0.353. The third-order valence-electron chi connectivity index (χ3n) is 3.78. The number of aromatic nitrogens is 1. The molecule has 1 aliphatic carbocycles. The highest BCUT2D eigenvalue weighted by atomic mass is 16.3. The van der Waals surface area contributed by atoms with Crippen molar-refractivity contribution in [1.82, 2.24) is 10.3 Å². The Hall–Kier alpha value is -2.61. The van der Waals surface area contributed by atoms with Gasteiger partial charge >= 0.3 is 0 Å². The second-order valence-electron chi connectivity index (χ2n) is 5.26. The molecule has 1 aromatic carbocycles. The van der Waals surface area contributed by atoms with Gasteiger partial charge in [-0.05, 0) is 37.1 Å². The normalized spacial score (nSPS) is 14.5. The number of fused-ring (bicyclic) bond motifs is 1. The van der Waals surface area contributed by atoms with E-state index in [0.29, 0.717) is 22.5 Å². The van der Waals surface area contributed by atoms with E-state index in [9.17, 15) is 9.90 Å². The maximum atomic E-state index is 9.96. The molecular formula is C17H19N3O2. The Labute approximate surface area is 129 Å². The summed E-state index contributed by atoms with van der Waals surface area (Å²) in [6.07, 6.45) is 8.68. The Morgan fingerprint density at radius 1 is 1.27 bits per heavy atom. The largest absolute Gasteiger partial charge is 0.507 e. The van der Waals surface area contributed by atoms with Crippen molar-refractivity contribution in [2.75, 3.05) is 0 Å². The van der Waals surface area contributed by atoms with Crippen LogP contribution in [-0.4, -0.2) is 22.5 Å². The van der Waals surface area contributed by atoms with Gasteiger partial charge in [0, 0.05) is 17.6 Å². The minimum atomic E-state index is 0.155. The number of pyridine rings is 1. The molecule has 0 radical (unpaired) electrons. The number of carbonyl (C=O) groups excluding carboxylic acids is 1. The highest BCUT2D eigenvalue weighted by molar-refractivity contribution is 5.89. The van der Waals surface area contributed by atoms with Crippen molar-refractivity contribution in [1.29, 1.82) is 5.26 Å². The van der Waals surface area contributed by atoms with Gasteiger partial charge < -0.3 is 10.4 Å². The molecule has 1 amide bonds. The second-order valence-corrected chi connectivity index (χ2v) is 5.26. The Morgan fingerprint density at radius 2 is 2.05 bits per heavy atom. The van der Waals surface area contributed by atoms with Crippen LogP contribution in [-0.2, 0) is 4.79 Å². The zero-order valence-corrected chi connectivity index (χ0v) is 12.3. The fourth-order valence-corrected chi connectivity index (χ4v) is 2.61. The van der Waals surface area contributed by atoms with Gasteiger partial charge in [0.1, 0.15) is 11.8 Å². The predicted octanol–water partition coefficient (Wildman–Crippen LogP) is 2.88. The number of hydrogen-bond acceptors (Lipinski definition) is 4. The summed E-state index contributed by atoms with van der Waals surface area (Å²) in [7, 11) is 0. The van der Waals surface area contributed by atoms with Gasteiger partial charge in [0.25, 0.3) is 0 Å². The van der Waals surface area contributed by atoms with Gasteiger partial charge in [-0.25, -0.2) is 0 Å². The number of phenolic OH excluding ortho intramolecular Hbond substituents is 1. The number of nitrogens with one attached hydrogen (secondary N) is 1. The fourth-order valence-electron chi connectivity index (χ4n) is 2.61. The van der Waals surface area contributed by atoms with Crippen LogP contribution in [0.3, 0.4) is 0 Å². The molecule has 114 valence electrons. The smallest absolute Gasteiger partial charge is 0.207 e. The highest BCUT2D eigenvalue weighted by Gasteiger charge is 2.10. The van der Waals surface area contributed by atoms with Crippen molar-refractivity contribution in [3.63, 3.8) is 0 Å². The van der Waals surface area contributed by atoms with Crippen molar-refractivity contribution < 1.29 is 9.90 Å². The molecule has 1 saturated carbocycles. The molecule has 1 aliphatic rings. The summed E-state index contributed by atoms with van der Waals surface area (Å²) in [5, 5.41) is 21.6. The van der Waals surface area contributed by atoms with E-state index in [1.807, 2.05) is 6.07 Å². The highest BCUT2D eigenvalue weighted by Crippen LogP contribution is 2.24. The molecule has 1 heterocycles. The molecule has 2 aromatic rings. The maximum absolute atomic E-state index is 9.96. The first kappa shape index (κ1) is 15.8. The molecule has 5 heteroatoms. The molecule has 3 rings (SSSR count). The number of amides is 1. The van der Waals surface area contributed by atoms with Crippen LogP contribution in [0.5, 0.6) is 5.75 Å². The van der Waals surface area contributed by atoms with Crippen LogP contribution in [0.4, 0.5) is 0 Å². The molecule has 0 aliphatic heterocycles. The molecule has 5 nitrogen and oxygen atoms in total. The van der Waals surface area contributed by atoms with Gasteiger partial charge in [-0.15, -0.1) is 0 Å². The van der Waals surface area contributed by atoms with E-state index in [1.165, 1.54) is 38.2 Å². The van der Waals surface area contributed by atoms with E-state index >= 15 is 0 Å². The van der Waals surface area contributed by atoms with E-state index in [1.54, 1.807) is 24.4 Å². The first-order valence-corrected chi connectivity index (χ1v) is 7.42. The lowest BCUT2D eigenvalue weighted by Gasteiger charge is -2.19. The van der Waals surface area contributed by atoms with Gasteiger partial charge in [0.2, 0.25) is 6.41 Å².